The Morgan fingerprint density at radius 1 is 1.19 bits per heavy atom. The summed E-state index contributed by atoms with van der Waals surface area (Å²) in [6, 6.07) is 0.893. The number of nitrogens with zero attached hydrogens (tertiary/aromatic N) is 2. The molecule has 21 heavy (non-hydrogen) atoms. The van der Waals surface area contributed by atoms with Crippen molar-refractivity contribution in [2.45, 2.75) is 64.6 Å². The number of rotatable bonds is 2. The predicted octanol–water partition coefficient (Wildman–Crippen LogP) is 2.05. The number of nitrogens with two attached hydrogens (primary N) is 1. The van der Waals surface area contributed by atoms with Gasteiger partial charge in [-0.05, 0) is 59.4 Å². The molecule has 5 heteroatoms. The van der Waals surface area contributed by atoms with Crippen molar-refractivity contribution in [3.05, 3.63) is 0 Å². The van der Waals surface area contributed by atoms with Gasteiger partial charge in [0, 0.05) is 31.7 Å². The summed E-state index contributed by atoms with van der Waals surface area (Å²) >= 11 is 0. The van der Waals surface area contributed by atoms with Gasteiger partial charge in [0.05, 0.1) is 0 Å². The first kappa shape index (κ1) is 16.6. The third kappa shape index (κ3) is 4.58. The van der Waals surface area contributed by atoms with Crippen molar-refractivity contribution in [2.75, 3.05) is 26.2 Å². The Morgan fingerprint density at radius 3 is 2.29 bits per heavy atom. The Bertz CT molecular complexity index is 357. The second kappa shape index (κ2) is 6.53. The molecule has 0 aromatic rings. The average molecular weight is 297 g/mol. The van der Waals surface area contributed by atoms with Crippen molar-refractivity contribution in [3.63, 3.8) is 0 Å². The number of likely N-dealkylation sites (tertiary alicyclic amines) is 2. The molecule has 2 aliphatic heterocycles. The van der Waals surface area contributed by atoms with Crippen molar-refractivity contribution in [2.24, 2.45) is 11.7 Å². The van der Waals surface area contributed by atoms with E-state index in [0.717, 1.165) is 39.0 Å². The first-order chi connectivity index (χ1) is 9.76. The van der Waals surface area contributed by atoms with Crippen LogP contribution in [-0.2, 0) is 4.74 Å². The molecule has 2 rings (SSSR count). The van der Waals surface area contributed by atoms with Gasteiger partial charge in [-0.3, -0.25) is 4.90 Å². The second-order valence-electron chi connectivity index (χ2n) is 7.60. The third-order valence-corrected chi connectivity index (χ3v) is 4.63. The van der Waals surface area contributed by atoms with E-state index in [1.807, 2.05) is 25.7 Å². The van der Waals surface area contributed by atoms with Crippen LogP contribution >= 0.6 is 0 Å². The number of ether oxygens (including phenoxy) is 1. The maximum absolute atomic E-state index is 12.1. The van der Waals surface area contributed by atoms with Crippen LogP contribution < -0.4 is 5.73 Å². The fraction of sp³-hybridized carbons (Fsp3) is 0.938. The second-order valence-corrected chi connectivity index (χ2v) is 7.60. The Hall–Kier alpha value is -0.810. The van der Waals surface area contributed by atoms with Gasteiger partial charge in [0.1, 0.15) is 5.60 Å². The summed E-state index contributed by atoms with van der Waals surface area (Å²) in [7, 11) is 0. The quantitative estimate of drug-likeness (QED) is 0.847. The minimum Gasteiger partial charge on any atom is -0.444 e. The molecule has 0 aromatic carbocycles. The highest BCUT2D eigenvalue weighted by Crippen LogP contribution is 2.26. The molecule has 0 saturated carbocycles. The largest absolute Gasteiger partial charge is 0.444 e. The van der Waals surface area contributed by atoms with E-state index in [4.69, 9.17) is 10.5 Å². The van der Waals surface area contributed by atoms with Gasteiger partial charge in [-0.2, -0.15) is 0 Å². The highest BCUT2D eigenvalue weighted by molar-refractivity contribution is 5.68. The molecule has 2 atom stereocenters. The fourth-order valence-electron chi connectivity index (χ4n) is 3.32. The van der Waals surface area contributed by atoms with E-state index in [1.54, 1.807) is 0 Å². The standard InChI is InChI=1S/C16H31N3O2/c1-12(17)13-5-8-19(11-13)14-6-9-18(10-7-14)15(20)21-16(2,3)4/h12-14H,5-11,17H2,1-4H3. The monoisotopic (exact) mass is 297 g/mol. The van der Waals surface area contributed by atoms with E-state index in [0.29, 0.717) is 12.0 Å². The number of amides is 1. The van der Waals surface area contributed by atoms with Crippen molar-refractivity contribution in [1.29, 1.82) is 0 Å². The lowest BCUT2D eigenvalue weighted by atomic mass is 10.0. The summed E-state index contributed by atoms with van der Waals surface area (Å²) in [4.78, 5) is 16.5. The zero-order valence-electron chi connectivity index (χ0n) is 14.0. The van der Waals surface area contributed by atoms with Crippen molar-refractivity contribution in [3.8, 4) is 0 Å². The molecule has 2 heterocycles. The van der Waals surface area contributed by atoms with E-state index in [9.17, 15) is 4.79 Å². The van der Waals surface area contributed by atoms with Crippen LogP contribution in [0.4, 0.5) is 4.79 Å². The minimum absolute atomic E-state index is 0.171. The Kier molecular flexibility index (Phi) is 5.15. The molecule has 2 saturated heterocycles. The van der Waals surface area contributed by atoms with E-state index < -0.39 is 5.60 Å². The zero-order chi connectivity index (χ0) is 15.6. The molecule has 0 aliphatic carbocycles. The van der Waals surface area contributed by atoms with Crippen LogP contribution in [0.1, 0.15) is 47.0 Å². The molecule has 122 valence electrons. The topological polar surface area (TPSA) is 58.8 Å². The first-order valence-electron chi connectivity index (χ1n) is 8.24. The average Bonchev–Trinajstić information content (AvgIpc) is 2.86. The van der Waals surface area contributed by atoms with E-state index >= 15 is 0 Å². The van der Waals surface area contributed by atoms with Crippen LogP contribution in [0.3, 0.4) is 0 Å². The lowest BCUT2D eigenvalue weighted by molar-refractivity contribution is 0.0154. The molecule has 0 radical (unpaired) electrons. The molecular weight excluding hydrogens is 266 g/mol. The normalized spacial score (nSPS) is 26.9. The van der Waals surface area contributed by atoms with Gasteiger partial charge < -0.3 is 15.4 Å². The van der Waals surface area contributed by atoms with Crippen LogP contribution in [0.2, 0.25) is 0 Å². The highest BCUT2D eigenvalue weighted by atomic mass is 16.6. The highest BCUT2D eigenvalue weighted by Gasteiger charge is 2.33. The number of hydrogen-bond donors (Lipinski definition) is 1. The van der Waals surface area contributed by atoms with Crippen molar-refractivity contribution >= 4 is 6.09 Å². The van der Waals surface area contributed by atoms with Gasteiger partial charge >= 0.3 is 6.09 Å². The van der Waals surface area contributed by atoms with Crippen LogP contribution in [0, 0.1) is 5.92 Å². The lowest BCUT2D eigenvalue weighted by Crippen LogP contribution is -2.47. The number of hydrogen-bond acceptors (Lipinski definition) is 4. The fourth-order valence-corrected chi connectivity index (χ4v) is 3.32. The van der Waals surface area contributed by atoms with E-state index in [2.05, 4.69) is 11.8 Å². The molecule has 0 bridgehead atoms. The van der Waals surface area contributed by atoms with Crippen LogP contribution in [0.25, 0.3) is 0 Å². The molecule has 1 amide bonds. The molecule has 2 fully saturated rings. The number of carbonyl (C=O) groups excluding carboxylic acids is 1. The zero-order valence-corrected chi connectivity index (χ0v) is 14.0. The minimum atomic E-state index is -0.409. The molecule has 0 spiro atoms. The third-order valence-electron chi connectivity index (χ3n) is 4.63. The number of piperidine rings is 1. The maximum atomic E-state index is 12.1. The van der Waals surface area contributed by atoms with Crippen molar-refractivity contribution in [1.82, 2.24) is 9.80 Å². The lowest BCUT2D eigenvalue weighted by Gasteiger charge is -2.37. The van der Waals surface area contributed by atoms with Gasteiger partial charge in [0.25, 0.3) is 0 Å². The Balaban J connectivity index is 1.77. The van der Waals surface area contributed by atoms with Gasteiger partial charge in [-0.25, -0.2) is 4.79 Å². The smallest absolute Gasteiger partial charge is 0.410 e. The maximum Gasteiger partial charge on any atom is 0.410 e. The van der Waals surface area contributed by atoms with Crippen molar-refractivity contribution < 1.29 is 9.53 Å². The Labute approximate surface area is 128 Å². The molecule has 5 nitrogen and oxygen atoms in total. The van der Waals surface area contributed by atoms with Crippen LogP contribution in [0.15, 0.2) is 0 Å². The molecular formula is C16H31N3O2. The molecule has 2 aliphatic rings. The van der Waals surface area contributed by atoms with E-state index in [1.165, 1.54) is 6.42 Å². The van der Waals surface area contributed by atoms with Gasteiger partial charge in [0.15, 0.2) is 0 Å². The molecule has 2 unspecified atom stereocenters. The molecule has 2 N–H and O–H groups in total. The van der Waals surface area contributed by atoms with E-state index in [-0.39, 0.29) is 12.1 Å². The number of carbonyl (C=O) groups is 1. The van der Waals surface area contributed by atoms with Gasteiger partial charge in [0.2, 0.25) is 0 Å². The van der Waals surface area contributed by atoms with Gasteiger partial charge in [-0.1, -0.05) is 0 Å². The summed E-state index contributed by atoms with van der Waals surface area (Å²) < 4.78 is 5.44. The van der Waals surface area contributed by atoms with Crippen LogP contribution in [-0.4, -0.2) is 59.8 Å². The van der Waals surface area contributed by atoms with Crippen LogP contribution in [0.5, 0.6) is 0 Å². The van der Waals surface area contributed by atoms with Gasteiger partial charge in [-0.15, -0.1) is 0 Å². The summed E-state index contributed by atoms with van der Waals surface area (Å²) in [6.45, 7) is 11.7. The summed E-state index contributed by atoms with van der Waals surface area (Å²) in [5.41, 5.74) is 5.60. The summed E-state index contributed by atoms with van der Waals surface area (Å²) in [5.74, 6) is 0.633. The summed E-state index contributed by atoms with van der Waals surface area (Å²) in [5, 5.41) is 0. The SMILES string of the molecule is CC(N)C1CCN(C2CCN(C(=O)OC(C)(C)C)CC2)C1. The Morgan fingerprint density at radius 2 is 1.81 bits per heavy atom. The summed E-state index contributed by atoms with van der Waals surface area (Å²) in [6.07, 6.45) is 3.13. The molecule has 0 aromatic heterocycles. The first-order valence-corrected chi connectivity index (χ1v) is 8.24. The predicted molar refractivity (Wildman–Crippen MR) is 84.2 cm³/mol.